The largest absolute Gasteiger partial charge is 0.383 e. The summed E-state index contributed by atoms with van der Waals surface area (Å²) in [5.41, 5.74) is 0. The van der Waals surface area contributed by atoms with Crippen molar-refractivity contribution >= 4 is 17.3 Å². The van der Waals surface area contributed by atoms with Crippen LogP contribution in [0.1, 0.15) is 33.1 Å². The van der Waals surface area contributed by atoms with Gasteiger partial charge in [0.1, 0.15) is 0 Å². The maximum Gasteiger partial charge on any atom is 0.166 e. The van der Waals surface area contributed by atoms with Crippen molar-refractivity contribution in [3.8, 4) is 0 Å². The van der Waals surface area contributed by atoms with Gasteiger partial charge >= 0.3 is 0 Å². The fraction of sp³-hybridized carbons (Fsp3) is 0.923. The van der Waals surface area contributed by atoms with Crippen LogP contribution < -0.4 is 10.6 Å². The highest BCUT2D eigenvalue weighted by Crippen LogP contribution is 2.18. The van der Waals surface area contributed by atoms with Crippen molar-refractivity contribution in [2.24, 2.45) is 0 Å². The second-order valence-corrected chi connectivity index (χ2v) is 5.47. The van der Waals surface area contributed by atoms with E-state index in [1.807, 2.05) is 0 Å². The van der Waals surface area contributed by atoms with Crippen LogP contribution in [-0.2, 0) is 4.74 Å². The molecule has 0 aliphatic carbocycles. The van der Waals surface area contributed by atoms with Crippen molar-refractivity contribution in [3.05, 3.63) is 0 Å². The fourth-order valence-corrected chi connectivity index (χ4v) is 2.65. The highest BCUT2D eigenvalue weighted by molar-refractivity contribution is 7.80. The van der Waals surface area contributed by atoms with Crippen LogP contribution in [0.4, 0.5) is 0 Å². The molecule has 1 heterocycles. The molecule has 106 valence electrons. The van der Waals surface area contributed by atoms with Crippen LogP contribution in [0.5, 0.6) is 0 Å². The molecule has 0 aromatic rings. The molecule has 0 aromatic heterocycles. The second-order valence-electron chi connectivity index (χ2n) is 5.06. The number of hydrogen-bond donors (Lipinski definition) is 2. The Bertz CT molecular complexity index is 250. The van der Waals surface area contributed by atoms with Gasteiger partial charge in [0.25, 0.3) is 0 Å². The molecule has 4 nitrogen and oxygen atoms in total. The zero-order chi connectivity index (χ0) is 13.4. The molecule has 0 saturated carbocycles. The van der Waals surface area contributed by atoms with E-state index in [2.05, 4.69) is 29.4 Å². The Kier molecular flexibility index (Phi) is 7.54. The van der Waals surface area contributed by atoms with E-state index in [-0.39, 0.29) is 0 Å². The first-order valence-corrected chi connectivity index (χ1v) is 7.32. The van der Waals surface area contributed by atoms with E-state index in [1.165, 1.54) is 25.8 Å². The van der Waals surface area contributed by atoms with Crippen molar-refractivity contribution in [3.63, 3.8) is 0 Å². The summed E-state index contributed by atoms with van der Waals surface area (Å²) in [6.07, 6.45) is 4.01. The number of rotatable bonds is 6. The Morgan fingerprint density at radius 2 is 2.22 bits per heavy atom. The van der Waals surface area contributed by atoms with Gasteiger partial charge in [0.15, 0.2) is 5.11 Å². The van der Waals surface area contributed by atoms with Crippen LogP contribution in [0.2, 0.25) is 0 Å². The summed E-state index contributed by atoms with van der Waals surface area (Å²) in [4.78, 5) is 2.58. The van der Waals surface area contributed by atoms with Crippen LogP contribution >= 0.6 is 12.2 Å². The van der Waals surface area contributed by atoms with Crippen molar-refractivity contribution in [1.82, 2.24) is 15.5 Å². The first-order chi connectivity index (χ1) is 8.65. The molecule has 18 heavy (non-hydrogen) atoms. The number of hydrogen-bond acceptors (Lipinski definition) is 3. The quantitative estimate of drug-likeness (QED) is 0.564. The number of methoxy groups -OCH3 is 1. The Morgan fingerprint density at radius 3 is 2.89 bits per heavy atom. The predicted molar refractivity (Wildman–Crippen MR) is 80.0 cm³/mol. The van der Waals surface area contributed by atoms with Gasteiger partial charge in [-0.1, -0.05) is 6.42 Å². The second kappa shape index (κ2) is 8.67. The summed E-state index contributed by atoms with van der Waals surface area (Å²) in [6.45, 7) is 8.16. The molecule has 0 aromatic carbocycles. The summed E-state index contributed by atoms with van der Waals surface area (Å²) in [6, 6.07) is 1.23. The summed E-state index contributed by atoms with van der Waals surface area (Å²) in [5.74, 6) is 0. The van der Waals surface area contributed by atoms with Crippen molar-refractivity contribution < 1.29 is 4.74 Å². The molecule has 1 saturated heterocycles. The lowest BCUT2D eigenvalue weighted by Gasteiger charge is -2.38. The van der Waals surface area contributed by atoms with Crippen molar-refractivity contribution in [2.45, 2.75) is 45.2 Å². The Balaban J connectivity index is 2.19. The summed E-state index contributed by atoms with van der Waals surface area (Å²) in [5, 5.41) is 7.14. The first kappa shape index (κ1) is 15.7. The SMILES string of the molecule is COCCNC(=S)NC[C@@H](C)N1CCCC[C@@H]1C. The maximum atomic E-state index is 5.22. The normalized spacial score (nSPS) is 22.5. The lowest BCUT2D eigenvalue weighted by Crippen LogP contribution is -2.50. The molecule has 0 bridgehead atoms. The van der Waals surface area contributed by atoms with E-state index in [4.69, 9.17) is 17.0 Å². The molecule has 1 fully saturated rings. The molecule has 0 spiro atoms. The van der Waals surface area contributed by atoms with E-state index in [9.17, 15) is 0 Å². The highest BCUT2D eigenvalue weighted by Gasteiger charge is 2.22. The molecule has 1 aliphatic rings. The third-order valence-electron chi connectivity index (χ3n) is 3.57. The standard InChI is InChI=1S/C13H27N3OS/c1-11-6-4-5-8-16(11)12(2)10-15-13(18)14-7-9-17-3/h11-12H,4-10H2,1-3H3,(H2,14,15,18)/t11-,12+/m0/s1. The van der Waals surface area contributed by atoms with E-state index in [1.54, 1.807) is 7.11 Å². The minimum absolute atomic E-state index is 0.530. The van der Waals surface area contributed by atoms with Crippen LogP contribution in [0, 0.1) is 0 Å². The average Bonchev–Trinajstić information content (AvgIpc) is 2.37. The van der Waals surface area contributed by atoms with Gasteiger partial charge in [-0.2, -0.15) is 0 Å². The molecule has 1 rings (SSSR count). The number of likely N-dealkylation sites (tertiary alicyclic amines) is 1. The van der Waals surface area contributed by atoms with Crippen molar-refractivity contribution in [1.29, 1.82) is 0 Å². The molecule has 0 unspecified atom stereocenters. The van der Waals surface area contributed by atoms with Gasteiger partial charge in [-0.15, -0.1) is 0 Å². The van der Waals surface area contributed by atoms with Crippen LogP contribution in [0.3, 0.4) is 0 Å². The van der Waals surface area contributed by atoms with E-state index < -0.39 is 0 Å². The van der Waals surface area contributed by atoms with Crippen LogP contribution in [0.25, 0.3) is 0 Å². The lowest BCUT2D eigenvalue weighted by atomic mass is 10.0. The average molecular weight is 273 g/mol. The molecular formula is C13H27N3OS. The molecule has 5 heteroatoms. The number of nitrogens with zero attached hydrogens (tertiary/aromatic N) is 1. The summed E-state index contributed by atoms with van der Waals surface area (Å²) in [7, 11) is 1.69. The van der Waals surface area contributed by atoms with Gasteiger partial charge in [-0.25, -0.2) is 0 Å². The van der Waals surface area contributed by atoms with Crippen molar-refractivity contribution in [2.75, 3.05) is 33.4 Å². The molecule has 0 amide bonds. The lowest BCUT2D eigenvalue weighted by molar-refractivity contribution is 0.116. The molecular weight excluding hydrogens is 246 g/mol. The minimum atomic E-state index is 0.530. The van der Waals surface area contributed by atoms with Gasteiger partial charge in [0, 0.05) is 32.3 Å². The third-order valence-corrected chi connectivity index (χ3v) is 3.86. The molecule has 1 aliphatic heterocycles. The molecule has 2 atom stereocenters. The van der Waals surface area contributed by atoms with Gasteiger partial charge in [-0.3, -0.25) is 4.90 Å². The highest BCUT2D eigenvalue weighted by atomic mass is 32.1. The Labute approximate surface area is 116 Å². The van der Waals surface area contributed by atoms with Crippen LogP contribution in [0.15, 0.2) is 0 Å². The summed E-state index contributed by atoms with van der Waals surface area (Å²) >= 11 is 5.22. The molecule has 2 N–H and O–H groups in total. The minimum Gasteiger partial charge on any atom is -0.383 e. The van der Waals surface area contributed by atoms with Gasteiger partial charge in [0.2, 0.25) is 0 Å². The number of nitrogens with one attached hydrogen (secondary N) is 2. The zero-order valence-electron chi connectivity index (χ0n) is 11.9. The number of ether oxygens (including phenoxy) is 1. The Hall–Kier alpha value is -0.390. The predicted octanol–water partition coefficient (Wildman–Crippen LogP) is 1.36. The molecule has 0 radical (unpaired) electrons. The monoisotopic (exact) mass is 273 g/mol. The number of piperidine rings is 1. The van der Waals surface area contributed by atoms with Gasteiger partial charge in [0.05, 0.1) is 6.61 Å². The summed E-state index contributed by atoms with van der Waals surface area (Å²) < 4.78 is 4.97. The first-order valence-electron chi connectivity index (χ1n) is 6.91. The smallest absolute Gasteiger partial charge is 0.166 e. The fourth-order valence-electron chi connectivity index (χ4n) is 2.46. The zero-order valence-corrected chi connectivity index (χ0v) is 12.7. The third kappa shape index (κ3) is 5.50. The number of thiocarbonyl (C=S) groups is 1. The van der Waals surface area contributed by atoms with E-state index in [0.29, 0.717) is 18.7 Å². The van der Waals surface area contributed by atoms with Crippen LogP contribution in [-0.4, -0.2) is 55.4 Å². The Morgan fingerprint density at radius 1 is 1.44 bits per heavy atom. The maximum absolute atomic E-state index is 5.22. The van der Waals surface area contributed by atoms with Gasteiger partial charge < -0.3 is 15.4 Å². The topological polar surface area (TPSA) is 36.5 Å². The van der Waals surface area contributed by atoms with E-state index >= 15 is 0 Å². The van der Waals surface area contributed by atoms with E-state index in [0.717, 1.165) is 18.2 Å². The van der Waals surface area contributed by atoms with Gasteiger partial charge in [-0.05, 0) is 45.5 Å².